The minimum absolute atomic E-state index is 0.380. The molecule has 1 N–H and O–H groups in total. The van der Waals surface area contributed by atoms with Gasteiger partial charge in [0, 0.05) is 12.1 Å². The molecule has 1 nitrogen and oxygen atoms in total. The molecule has 112 valence electrons. The molecular formula is C19H25NS. The molecule has 2 aromatic carbocycles. The first-order valence-electron chi connectivity index (χ1n) is 7.63. The number of thioether (sulfide) groups is 1. The third-order valence-electron chi connectivity index (χ3n) is 3.73. The van der Waals surface area contributed by atoms with Crippen LogP contribution in [-0.2, 0) is 6.42 Å². The molecule has 0 fully saturated rings. The number of nitrogens with one attached hydrogen (secondary N) is 1. The summed E-state index contributed by atoms with van der Waals surface area (Å²) in [6.45, 7) is 2.29. The van der Waals surface area contributed by atoms with Crippen molar-refractivity contribution in [3.63, 3.8) is 0 Å². The first-order valence-corrected chi connectivity index (χ1v) is 9.03. The molecule has 0 heterocycles. The number of benzene rings is 2. The number of hydrogen-bond donors (Lipinski definition) is 1. The molecule has 0 saturated carbocycles. The Balaban J connectivity index is 2.07. The monoisotopic (exact) mass is 299 g/mol. The van der Waals surface area contributed by atoms with Crippen molar-refractivity contribution in [3.05, 3.63) is 71.8 Å². The van der Waals surface area contributed by atoms with Crippen LogP contribution in [0, 0.1) is 0 Å². The molecule has 2 aromatic rings. The van der Waals surface area contributed by atoms with Crippen molar-refractivity contribution in [3.8, 4) is 0 Å². The Bertz CT molecular complexity index is 497. The second kappa shape index (κ2) is 8.91. The summed E-state index contributed by atoms with van der Waals surface area (Å²) in [5.41, 5.74) is 2.76. The Morgan fingerprint density at radius 1 is 0.952 bits per heavy atom. The van der Waals surface area contributed by atoms with Gasteiger partial charge in [-0.05, 0) is 42.9 Å². The van der Waals surface area contributed by atoms with E-state index in [-0.39, 0.29) is 0 Å². The van der Waals surface area contributed by atoms with Crippen LogP contribution in [0.25, 0.3) is 0 Å². The van der Waals surface area contributed by atoms with Crippen LogP contribution >= 0.6 is 11.8 Å². The Hall–Kier alpha value is -1.25. The molecule has 0 aliphatic carbocycles. The minimum Gasteiger partial charge on any atom is -0.307 e. The third-order valence-corrected chi connectivity index (χ3v) is 4.37. The summed E-state index contributed by atoms with van der Waals surface area (Å²) >= 11 is 1.92. The van der Waals surface area contributed by atoms with E-state index in [4.69, 9.17) is 0 Å². The maximum atomic E-state index is 3.80. The van der Waals surface area contributed by atoms with E-state index >= 15 is 0 Å². The fourth-order valence-corrected chi connectivity index (χ4v) is 3.12. The predicted molar refractivity (Wildman–Crippen MR) is 94.9 cm³/mol. The highest BCUT2D eigenvalue weighted by atomic mass is 32.2. The van der Waals surface area contributed by atoms with Gasteiger partial charge in [0.1, 0.15) is 0 Å². The largest absolute Gasteiger partial charge is 0.307 e. The highest BCUT2D eigenvalue weighted by molar-refractivity contribution is 7.98. The lowest BCUT2D eigenvalue weighted by molar-refractivity contribution is 0.446. The molecule has 0 spiro atoms. The molecular weight excluding hydrogens is 274 g/mol. The second-order valence-electron chi connectivity index (χ2n) is 5.50. The van der Waals surface area contributed by atoms with E-state index in [0.717, 1.165) is 6.42 Å². The van der Waals surface area contributed by atoms with Gasteiger partial charge >= 0.3 is 0 Å². The first kappa shape index (κ1) is 16.1. The minimum atomic E-state index is 0.380. The van der Waals surface area contributed by atoms with E-state index < -0.39 is 0 Å². The molecule has 2 atom stereocenters. The summed E-state index contributed by atoms with van der Waals surface area (Å²) in [7, 11) is 0. The van der Waals surface area contributed by atoms with Crippen LogP contribution in [-0.4, -0.2) is 18.1 Å². The molecule has 21 heavy (non-hydrogen) atoms. The molecule has 0 amide bonds. The molecule has 2 heteroatoms. The normalized spacial score (nSPS) is 13.8. The Morgan fingerprint density at radius 2 is 1.57 bits per heavy atom. The molecule has 0 aliphatic rings. The predicted octanol–water partition coefficient (Wildman–Crippen LogP) is 4.70. The van der Waals surface area contributed by atoms with Gasteiger partial charge in [0.15, 0.2) is 0 Å². The van der Waals surface area contributed by atoms with Crippen LogP contribution in [0.1, 0.15) is 30.5 Å². The summed E-state index contributed by atoms with van der Waals surface area (Å²) in [4.78, 5) is 0. The van der Waals surface area contributed by atoms with Crippen LogP contribution < -0.4 is 5.32 Å². The van der Waals surface area contributed by atoms with Gasteiger partial charge in [0.25, 0.3) is 0 Å². The highest BCUT2D eigenvalue weighted by Gasteiger charge is 2.14. The summed E-state index contributed by atoms with van der Waals surface area (Å²) < 4.78 is 0. The summed E-state index contributed by atoms with van der Waals surface area (Å²) in [6, 6.07) is 22.4. The maximum absolute atomic E-state index is 3.80. The molecule has 0 aliphatic heterocycles. The molecule has 0 aromatic heterocycles. The van der Waals surface area contributed by atoms with Crippen molar-refractivity contribution in [2.75, 3.05) is 12.0 Å². The highest BCUT2D eigenvalue weighted by Crippen LogP contribution is 2.19. The Labute approximate surface area is 133 Å². The zero-order valence-electron chi connectivity index (χ0n) is 13.0. The van der Waals surface area contributed by atoms with E-state index in [9.17, 15) is 0 Å². The van der Waals surface area contributed by atoms with Gasteiger partial charge in [-0.3, -0.25) is 0 Å². The average Bonchev–Trinajstić information content (AvgIpc) is 2.54. The lowest BCUT2D eigenvalue weighted by Gasteiger charge is -2.24. The maximum Gasteiger partial charge on any atom is 0.0363 e. The molecule has 0 bridgehead atoms. The average molecular weight is 299 g/mol. The summed E-state index contributed by atoms with van der Waals surface area (Å²) in [5.74, 6) is 1.21. The molecule has 0 saturated heterocycles. The van der Waals surface area contributed by atoms with Crippen molar-refractivity contribution in [2.24, 2.45) is 0 Å². The van der Waals surface area contributed by atoms with Crippen LogP contribution in [0.2, 0.25) is 0 Å². The second-order valence-corrected chi connectivity index (χ2v) is 6.49. The van der Waals surface area contributed by atoms with E-state index in [1.165, 1.54) is 23.3 Å². The van der Waals surface area contributed by atoms with Crippen LogP contribution in [0.3, 0.4) is 0 Å². The van der Waals surface area contributed by atoms with Gasteiger partial charge in [0.05, 0.1) is 0 Å². The van der Waals surface area contributed by atoms with Gasteiger partial charge in [-0.1, -0.05) is 60.7 Å². The van der Waals surface area contributed by atoms with Crippen molar-refractivity contribution >= 4 is 11.8 Å². The van der Waals surface area contributed by atoms with E-state index in [1.807, 2.05) is 11.8 Å². The van der Waals surface area contributed by atoms with Crippen LogP contribution in [0.15, 0.2) is 60.7 Å². The fraction of sp³-hybridized carbons (Fsp3) is 0.368. The molecule has 2 rings (SSSR count). The van der Waals surface area contributed by atoms with Gasteiger partial charge < -0.3 is 5.32 Å². The quantitative estimate of drug-likeness (QED) is 0.758. The lowest BCUT2D eigenvalue weighted by atomic mass is 9.98. The van der Waals surface area contributed by atoms with Gasteiger partial charge in [-0.25, -0.2) is 0 Å². The zero-order valence-corrected chi connectivity index (χ0v) is 13.8. The van der Waals surface area contributed by atoms with Crippen molar-refractivity contribution in [1.82, 2.24) is 5.32 Å². The Kier molecular flexibility index (Phi) is 6.84. The number of hydrogen-bond acceptors (Lipinski definition) is 2. The van der Waals surface area contributed by atoms with Crippen LogP contribution in [0.4, 0.5) is 0 Å². The fourth-order valence-electron chi connectivity index (χ4n) is 2.53. The van der Waals surface area contributed by atoms with Crippen molar-refractivity contribution in [2.45, 2.75) is 31.8 Å². The Morgan fingerprint density at radius 3 is 2.19 bits per heavy atom. The van der Waals surface area contributed by atoms with Crippen molar-refractivity contribution < 1.29 is 0 Å². The van der Waals surface area contributed by atoms with E-state index in [0.29, 0.717) is 12.1 Å². The van der Waals surface area contributed by atoms with Gasteiger partial charge in [-0.2, -0.15) is 11.8 Å². The first-order chi connectivity index (χ1) is 10.3. The van der Waals surface area contributed by atoms with Gasteiger partial charge in [-0.15, -0.1) is 0 Å². The SMILES string of the molecule is CSCCC(C)NC(Cc1ccccc1)c1ccccc1. The number of rotatable bonds is 8. The van der Waals surface area contributed by atoms with E-state index in [2.05, 4.69) is 79.2 Å². The summed E-state index contributed by atoms with van der Waals surface area (Å²) in [5, 5.41) is 3.80. The van der Waals surface area contributed by atoms with Crippen molar-refractivity contribution in [1.29, 1.82) is 0 Å². The lowest BCUT2D eigenvalue weighted by Crippen LogP contribution is -2.32. The third kappa shape index (κ3) is 5.56. The van der Waals surface area contributed by atoms with E-state index in [1.54, 1.807) is 0 Å². The zero-order chi connectivity index (χ0) is 14.9. The topological polar surface area (TPSA) is 12.0 Å². The molecule has 0 radical (unpaired) electrons. The van der Waals surface area contributed by atoms with Gasteiger partial charge in [0.2, 0.25) is 0 Å². The molecule has 2 unspecified atom stereocenters. The standard InChI is InChI=1S/C19H25NS/c1-16(13-14-21-2)20-19(18-11-7-4-8-12-18)15-17-9-5-3-6-10-17/h3-12,16,19-20H,13-15H2,1-2H3. The summed E-state index contributed by atoms with van der Waals surface area (Å²) in [6.07, 6.45) is 4.42. The smallest absolute Gasteiger partial charge is 0.0363 e. The van der Waals surface area contributed by atoms with Crippen LogP contribution in [0.5, 0.6) is 0 Å².